The lowest BCUT2D eigenvalue weighted by Crippen LogP contribution is -2.53. The number of hydrogen-bond acceptors (Lipinski definition) is 6. The summed E-state index contributed by atoms with van der Waals surface area (Å²) in [6.45, 7) is 2.46. The molecule has 0 aromatic carbocycles. The molecule has 9 nitrogen and oxygen atoms in total. The fourth-order valence-electron chi connectivity index (χ4n) is 3.08. The largest absolute Gasteiger partial charge is 0.405 e. The van der Waals surface area contributed by atoms with Gasteiger partial charge in [-0.25, -0.2) is 0 Å². The minimum Gasteiger partial charge on any atom is -0.405 e. The van der Waals surface area contributed by atoms with E-state index in [2.05, 4.69) is 15.3 Å². The first-order chi connectivity index (χ1) is 12.9. The maximum Gasteiger partial charge on any atom is 0.313 e. The molecule has 1 aromatic heterocycles. The lowest BCUT2D eigenvalue weighted by molar-refractivity contribution is -0.145. The Balaban J connectivity index is 2.20. The monoisotopic (exact) mass is 372 g/mol. The second-order valence-electron chi connectivity index (χ2n) is 6.44. The number of pyridine rings is 1. The summed E-state index contributed by atoms with van der Waals surface area (Å²) in [5.41, 5.74) is 11.7. The molecule has 1 unspecified atom stereocenters. The molecule has 5 N–H and O–H groups in total. The number of nitrogens with zero attached hydrogens (tertiary/aromatic N) is 3. The zero-order valence-corrected chi connectivity index (χ0v) is 15.4. The molecule has 1 aliphatic rings. The van der Waals surface area contributed by atoms with Crippen molar-refractivity contribution in [3.63, 3.8) is 0 Å². The normalized spacial score (nSPS) is 20.5. The van der Waals surface area contributed by atoms with Gasteiger partial charge >= 0.3 is 11.8 Å². The van der Waals surface area contributed by atoms with Crippen molar-refractivity contribution < 1.29 is 14.4 Å². The second kappa shape index (κ2) is 8.93. The predicted molar refractivity (Wildman–Crippen MR) is 102 cm³/mol. The van der Waals surface area contributed by atoms with E-state index in [1.807, 2.05) is 6.92 Å². The minimum atomic E-state index is -0.815. The lowest BCUT2D eigenvalue weighted by Gasteiger charge is -2.38. The summed E-state index contributed by atoms with van der Waals surface area (Å²) in [7, 11) is 1.62. The van der Waals surface area contributed by atoms with Gasteiger partial charge in [0.05, 0.1) is 29.2 Å². The van der Waals surface area contributed by atoms with Crippen LogP contribution in [0, 0.1) is 5.92 Å². The first-order valence-corrected chi connectivity index (χ1v) is 8.59. The average Bonchev–Trinajstić information content (AvgIpc) is 2.65. The summed E-state index contributed by atoms with van der Waals surface area (Å²) >= 11 is 0. The van der Waals surface area contributed by atoms with Crippen LogP contribution in [0.2, 0.25) is 0 Å². The van der Waals surface area contributed by atoms with Crippen molar-refractivity contribution in [1.29, 1.82) is 0 Å². The van der Waals surface area contributed by atoms with Gasteiger partial charge in [0.1, 0.15) is 0 Å². The molecule has 0 aliphatic carbocycles. The zero-order chi connectivity index (χ0) is 20.0. The van der Waals surface area contributed by atoms with E-state index in [-0.39, 0.29) is 23.2 Å². The van der Waals surface area contributed by atoms with Gasteiger partial charge in [-0.05, 0) is 37.1 Å². The van der Waals surface area contributed by atoms with Crippen molar-refractivity contribution in [3.05, 3.63) is 36.3 Å². The first-order valence-electron chi connectivity index (χ1n) is 8.59. The number of hydrogen-bond donors (Lipinski definition) is 3. The van der Waals surface area contributed by atoms with Crippen LogP contribution < -0.4 is 16.8 Å². The van der Waals surface area contributed by atoms with Crippen molar-refractivity contribution in [2.75, 3.05) is 18.9 Å². The van der Waals surface area contributed by atoms with Crippen LogP contribution in [0.3, 0.4) is 0 Å². The van der Waals surface area contributed by atoms with Gasteiger partial charge < -0.3 is 21.7 Å². The number of aliphatic imine (C=N–C) groups is 1. The van der Waals surface area contributed by atoms with Crippen LogP contribution in [0.15, 0.2) is 35.7 Å². The van der Waals surface area contributed by atoms with Gasteiger partial charge in [0.25, 0.3) is 0 Å². The summed E-state index contributed by atoms with van der Waals surface area (Å²) in [5, 5.41) is 2.48. The molecule has 1 fully saturated rings. The van der Waals surface area contributed by atoms with Gasteiger partial charge in [-0.2, -0.15) is 0 Å². The van der Waals surface area contributed by atoms with E-state index in [0.717, 1.165) is 6.42 Å². The molecule has 0 radical (unpaired) electrons. The summed E-state index contributed by atoms with van der Waals surface area (Å²) in [6.07, 6.45) is 7.23. The van der Waals surface area contributed by atoms with Gasteiger partial charge in [0, 0.05) is 19.8 Å². The molecule has 0 bridgehead atoms. The molecule has 1 aromatic rings. The molecule has 2 rings (SSSR count). The number of nitrogens with two attached hydrogens (primary N) is 2. The molecule has 27 heavy (non-hydrogen) atoms. The first kappa shape index (κ1) is 20.1. The Kier molecular flexibility index (Phi) is 6.64. The maximum absolute atomic E-state index is 12.8. The third-order valence-corrected chi connectivity index (χ3v) is 4.42. The van der Waals surface area contributed by atoms with E-state index >= 15 is 0 Å². The summed E-state index contributed by atoms with van der Waals surface area (Å²) in [5.74, 6) is -1.91. The van der Waals surface area contributed by atoms with E-state index in [0.29, 0.717) is 18.7 Å². The number of rotatable bonds is 4. The summed E-state index contributed by atoms with van der Waals surface area (Å²) in [6, 6.07) is 1.05. The maximum atomic E-state index is 12.8. The van der Waals surface area contributed by atoms with Crippen molar-refractivity contribution in [1.82, 2.24) is 9.88 Å². The van der Waals surface area contributed by atoms with Crippen molar-refractivity contribution in [3.8, 4) is 0 Å². The third kappa shape index (κ3) is 4.90. The van der Waals surface area contributed by atoms with E-state index in [4.69, 9.17) is 11.5 Å². The van der Waals surface area contributed by atoms with Crippen LogP contribution in [-0.2, 0) is 9.59 Å². The van der Waals surface area contributed by atoms with Gasteiger partial charge in [0.2, 0.25) is 5.91 Å². The quantitative estimate of drug-likeness (QED) is 0.514. The van der Waals surface area contributed by atoms with Gasteiger partial charge in [-0.15, -0.1) is 0 Å². The van der Waals surface area contributed by atoms with Crippen LogP contribution in [0.4, 0.5) is 5.69 Å². The molecule has 0 spiro atoms. The molecular formula is C18H24N6O3. The molecule has 144 valence electrons. The van der Waals surface area contributed by atoms with E-state index < -0.39 is 17.7 Å². The van der Waals surface area contributed by atoms with Crippen LogP contribution in [0.1, 0.15) is 30.1 Å². The Bertz CT molecular complexity index is 789. The minimum absolute atomic E-state index is 0.137. The number of primary amides is 1. The molecule has 2 heterocycles. The van der Waals surface area contributed by atoms with Crippen LogP contribution in [-0.4, -0.2) is 53.0 Å². The molecule has 3 amide bonds. The lowest BCUT2D eigenvalue weighted by atomic mass is 9.91. The standard InChI is InChI=1S/C18H24N6O3/c1-11-3-4-15(14(21-2)5-6-19)24(10-11)18(27)17(26)23-13-7-12(16(20)25)8-22-9-13/h5-9,11,15H,3-4,10,19H2,1-2H3,(H2,20,25)(H,23,26)/t11-,15?/m1/s1. The van der Waals surface area contributed by atoms with Crippen molar-refractivity contribution >= 4 is 29.1 Å². The molecule has 1 saturated heterocycles. The van der Waals surface area contributed by atoms with Gasteiger partial charge in [-0.1, -0.05) is 6.92 Å². The Morgan fingerprint density at radius 1 is 1.33 bits per heavy atom. The molecule has 0 saturated carbocycles. The zero-order valence-electron chi connectivity index (χ0n) is 15.4. The number of amides is 3. The van der Waals surface area contributed by atoms with Crippen LogP contribution in [0.25, 0.3) is 0 Å². The van der Waals surface area contributed by atoms with E-state index in [9.17, 15) is 14.4 Å². The SMILES string of the molecule is CN=C(C=CN)C1CC[C@@H](C)CN1C(=O)C(=O)Nc1cncc(C(N)=O)c1. The molecule has 1 aliphatic heterocycles. The van der Waals surface area contributed by atoms with Crippen LogP contribution >= 0.6 is 0 Å². The number of piperidine rings is 1. The summed E-state index contributed by atoms with van der Waals surface area (Å²) < 4.78 is 0. The Morgan fingerprint density at radius 2 is 2.07 bits per heavy atom. The number of carbonyl (C=O) groups excluding carboxylic acids is 3. The van der Waals surface area contributed by atoms with Crippen molar-refractivity contribution in [2.45, 2.75) is 25.8 Å². The van der Waals surface area contributed by atoms with E-state index in [1.54, 1.807) is 13.1 Å². The van der Waals surface area contributed by atoms with Crippen molar-refractivity contribution in [2.24, 2.45) is 22.4 Å². The number of aromatic nitrogens is 1. The third-order valence-electron chi connectivity index (χ3n) is 4.42. The number of nitrogens with one attached hydrogen (secondary N) is 1. The van der Waals surface area contributed by atoms with Crippen LogP contribution in [0.5, 0.6) is 0 Å². The molecule has 9 heteroatoms. The van der Waals surface area contributed by atoms with E-state index in [1.165, 1.54) is 29.6 Å². The predicted octanol–water partition coefficient (Wildman–Crippen LogP) is 0.289. The number of carbonyl (C=O) groups is 3. The number of anilines is 1. The van der Waals surface area contributed by atoms with Gasteiger partial charge in [-0.3, -0.25) is 24.4 Å². The second-order valence-corrected chi connectivity index (χ2v) is 6.44. The number of likely N-dealkylation sites (tertiary alicyclic amines) is 1. The smallest absolute Gasteiger partial charge is 0.313 e. The van der Waals surface area contributed by atoms with Gasteiger partial charge in [0.15, 0.2) is 0 Å². The fourth-order valence-corrected chi connectivity index (χ4v) is 3.08. The highest BCUT2D eigenvalue weighted by Gasteiger charge is 2.35. The molecule has 2 atom stereocenters. The Morgan fingerprint density at radius 3 is 2.70 bits per heavy atom. The fraction of sp³-hybridized carbons (Fsp3) is 0.389. The average molecular weight is 372 g/mol. The highest BCUT2D eigenvalue weighted by atomic mass is 16.2. The Labute approximate surface area is 157 Å². The topological polar surface area (TPSA) is 144 Å². The highest BCUT2D eigenvalue weighted by Crippen LogP contribution is 2.24. The molecular weight excluding hydrogens is 348 g/mol. The highest BCUT2D eigenvalue weighted by molar-refractivity contribution is 6.40. The Hall–Kier alpha value is -3.23. The summed E-state index contributed by atoms with van der Waals surface area (Å²) in [4.78, 5) is 46.1.